The second-order valence-corrected chi connectivity index (χ2v) is 5.95. The molecule has 120 valence electrons. The zero-order valence-electron chi connectivity index (χ0n) is 13.1. The second-order valence-electron chi connectivity index (χ2n) is 5.95. The number of aromatic nitrogens is 1. The van der Waals surface area contributed by atoms with E-state index < -0.39 is 0 Å². The molecular weight excluding hydrogens is 293 g/mol. The number of benzene rings is 1. The summed E-state index contributed by atoms with van der Waals surface area (Å²) in [6.07, 6.45) is 3.32. The summed E-state index contributed by atoms with van der Waals surface area (Å²) in [7, 11) is 0. The first kappa shape index (κ1) is 15.5. The molecule has 0 saturated carbocycles. The lowest BCUT2D eigenvalue weighted by Crippen LogP contribution is -2.38. The Hall–Kier alpha value is -2.43. The highest BCUT2D eigenvalue weighted by molar-refractivity contribution is 5.91. The van der Waals surface area contributed by atoms with Crippen molar-refractivity contribution in [3.63, 3.8) is 0 Å². The number of nitrogens with one attached hydrogen (secondary N) is 1. The molecule has 0 atom stereocenters. The first-order valence-corrected chi connectivity index (χ1v) is 7.86. The molecule has 0 bridgehead atoms. The largest absolute Gasteiger partial charge is 0.371 e. The molecule has 1 aromatic heterocycles. The average molecular weight is 313 g/mol. The van der Waals surface area contributed by atoms with Crippen molar-refractivity contribution in [3.8, 4) is 0 Å². The zero-order chi connectivity index (χ0) is 16.2. The standard InChI is InChI=1S/C18H20FN3O/c1-13-2-7-17(20-12-13)21-18(23)14-8-10-22(11-9-14)16-5-3-15(19)4-6-16/h2-7,12,14H,8-11H2,1H3,(H,20,21,23). The van der Waals surface area contributed by atoms with Crippen LogP contribution in [-0.4, -0.2) is 24.0 Å². The number of amides is 1. The Labute approximate surface area is 135 Å². The van der Waals surface area contributed by atoms with Crippen molar-refractivity contribution in [2.24, 2.45) is 5.92 Å². The van der Waals surface area contributed by atoms with Crippen LogP contribution >= 0.6 is 0 Å². The molecule has 0 radical (unpaired) electrons. The van der Waals surface area contributed by atoms with Gasteiger partial charge in [-0.1, -0.05) is 6.07 Å². The van der Waals surface area contributed by atoms with Crippen molar-refractivity contribution in [1.29, 1.82) is 0 Å². The third kappa shape index (κ3) is 3.86. The molecule has 1 aromatic carbocycles. The van der Waals surface area contributed by atoms with Crippen molar-refractivity contribution in [3.05, 3.63) is 54.0 Å². The number of nitrogens with zero attached hydrogens (tertiary/aromatic N) is 2. The lowest BCUT2D eigenvalue weighted by Gasteiger charge is -2.32. The summed E-state index contributed by atoms with van der Waals surface area (Å²) in [4.78, 5) is 18.7. The van der Waals surface area contributed by atoms with Crippen LogP contribution in [0.1, 0.15) is 18.4 Å². The number of carbonyl (C=O) groups excluding carboxylic acids is 1. The van der Waals surface area contributed by atoms with Gasteiger partial charge in [0.2, 0.25) is 5.91 Å². The zero-order valence-corrected chi connectivity index (χ0v) is 13.1. The van der Waals surface area contributed by atoms with E-state index >= 15 is 0 Å². The minimum Gasteiger partial charge on any atom is -0.371 e. The maximum atomic E-state index is 13.0. The highest BCUT2D eigenvalue weighted by Gasteiger charge is 2.25. The van der Waals surface area contributed by atoms with E-state index in [1.807, 2.05) is 19.1 Å². The molecular formula is C18H20FN3O. The molecule has 1 N–H and O–H groups in total. The van der Waals surface area contributed by atoms with Crippen molar-refractivity contribution < 1.29 is 9.18 Å². The van der Waals surface area contributed by atoms with E-state index in [0.29, 0.717) is 5.82 Å². The Morgan fingerprint density at radius 1 is 1.17 bits per heavy atom. The smallest absolute Gasteiger partial charge is 0.228 e. The lowest BCUT2D eigenvalue weighted by molar-refractivity contribution is -0.120. The van der Waals surface area contributed by atoms with Crippen LogP contribution in [0.15, 0.2) is 42.6 Å². The summed E-state index contributed by atoms with van der Waals surface area (Å²) in [5.74, 6) is 0.394. The summed E-state index contributed by atoms with van der Waals surface area (Å²) >= 11 is 0. The maximum Gasteiger partial charge on any atom is 0.228 e. The Balaban J connectivity index is 1.54. The van der Waals surface area contributed by atoms with Crippen LogP contribution in [0.2, 0.25) is 0 Å². The van der Waals surface area contributed by atoms with Crippen molar-refractivity contribution in [2.75, 3.05) is 23.3 Å². The van der Waals surface area contributed by atoms with E-state index in [1.165, 1.54) is 12.1 Å². The fourth-order valence-electron chi connectivity index (χ4n) is 2.82. The van der Waals surface area contributed by atoms with Gasteiger partial charge in [-0.15, -0.1) is 0 Å². The van der Waals surface area contributed by atoms with Gasteiger partial charge in [0.05, 0.1) is 0 Å². The van der Waals surface area contributed by atoms with E-state index in [9.17, 15) is 9.18 Å². The topological polar surface area (TPSA) is 45.2 Å². The number of pyridine rings is 1. The van der Waals surface area contributed by atoms with Crippen molar-refractivity contribution in [1.82, 2.24) is 4.98 Å². The van der Waals surface area contributed by atoms with Crippen molar-refractivity contribution in [2.45, 2.75) is 19.8 Å². The minimum absolute atomic E-state index is 0.00481. The van der Waals surface area contributed by atoms with Crippen LogP contribution in [-0.2, 0) is 4.79 Å². The molecule has 1 saturated heterocycles. The number of aryl methyl sites for hydroxylation is 1. The van der Waals surface area contributed by atoms with Gasteiger partial charge < -0.3 is 10.2 Å². The van der Waals surface area contributed by atoms with Crippen LogP contribution in [0.3, 0.4) is 0 Å². The number of piperidine rings is 1. The molecule has 1 aliphatic heterocycles. The SMILES string of the molecule is Cc1ccc(NC(=O)C2CCN(c3ccc(F)cc3)CC2)nc1. The lowest BCUT2D eigenvalue weighted by atomic mass is 9.95. The quantitative estimate of drug-likeness (QED) is 0.945. The predicted octanol–water partition coefficient (Wildman–Crippen LogP) is 3.38. The maximum absolute atomic E-state index is 13.0. The van der Waals surface area contributed by atoms with Gasteiger partial charge in [-0.05, 0) is 55.7 Å². The molecule has 1 amide bonds. The monoisotopic (exact) mass is 313 g/mol. The number of hydrogen-bond acceptors (Lipinski definition) is 3. The number of carbonyl (C=O) groups is 1. The summed E-state index contributed by atoms with van der Waals surface area (Å²) in [6.45, 7) is 3.56. The number of rotatable bonds is 3. The van der Waals surface area contributed by atoms with E-state index in [4.69, 9.17) is 0 Å². The fourth-order valence-corrected chi connectivity index (χ4v) is 2.82. The summed E-state index contributed by atoms with van der Waals surface area (Å²) in [6, 6.07) is 10.3. The number of halogens is 1. The predicted molar refractivity (Wildman–Crippen MR) is 88.9 cm³/mol. The molecule has 5 heteroatoms. The molecule has 4 nitrogen and oxygen atoms in total. The Bertz CT molecular complexity index is 662. The molecule has 2 aromatic rings. The van der Waals surface area contributed by atoms with Gasteiger partial charge in [-0.2, -0.15) is 0 Å². The molecule has 0 spiro atoms. The Morgan fingerprint density at radius 3 is 2.48 bits per heavy atom. The third-order valence-electron chi connectivity index (χ3n) is 4.22. The minimum atomic E-state index is -0.228. The summed E-state index contributed by atoms with van der Waals surface area (Å²) in [5.41, 5.74) is 2.07. The van der Waals surface area contributed by atoms with Crippen LogP contribution in [0.4, 0.5) is 15.9 Å². The van der Waals surface area contributed by atoms with Crippen LogP contribution < -0.4 is 10.2 Å². The van der Waals surface area contributed by atoms with E-state index in [1.54, 1.807) is 18.3 Å². The Morgan fingerprint density at radius 2 is 1.87 bits per heavy atom. The van der Waals surface area contributed by atoms with Crippen molar-refractivity contribution >= 4 is 17.4 Å². The molecule has 0 aliphatic carbocycles. The molecule has 1 aliphatic rings. The van der Waals surface area contributed by atoms with E-state index in [2.05, 4.69) is 15.2 Å². The highest BCUT2D eigenvalue weighted by atomic mass is 19.1. The molecule has 0 unspecified atom stereocenters. The van der Waals surface area contributed by atoms with E-state index in [0.717, 1.165) is 37.2 Å². The molecule has 3 rings (SSSR count). The first-order chi connectivity index (χ1) is 11.1. The second kappa shape index (κ2) is 6.77. The van der Waals surface area contributed by atoms with Gasteiger partial charge in [0, 0.05) is 30.9 Å². The average Bonchev–Trinajstić information content (AvgIpc) is 2.58. The number of hydrogen-bond donors (Lipinski definition) is 1. The van der Waals surface area contributed by atoms with Gasteiger partial charge in [-0.3, -0.25) is 4.79 Å². The van der Waals surface area contributed by atoms with E-state index in [-0.39, 0.29) is 17.6 Å². The van der Waals surface area contributed by atoms with Gasteiger partial charge in [0.25, 0.3) is 0 Å². The van der Waals surface area contributed by atoms with Crippen LogP contribution in [0.25, 0.3) is 0 Å². The molecule has 1 fully saturated rings. The molecule has 23 heavy (non-hydrogen) atoms. The molecule has 2 heterocycles. The van der Waals surface area contributed by atoms with Crippen LogP contribution in [0.5, 0.6) is 0 Å². The summed E-state index contributed by atoms with van der Waals surface area (Å²) < 4.78 is 13.0. The van der Waals surface area contributed by atoms with Gasteiger partial charge >= 0.3 is 0 Å². The first-order valence-electron chi connectivity index (χ1n) is 7.86. The normalized spacial score (nSPS) is 15.5. The third-order valence-corrected chi connectivity index (χ3v) is 4.22. The van der Waals surface area contributed by atoms with Gasteiger partial charge in [0.1, 0.15) is 11.6 Å². The fraction of sp³-hybridized carbons (Fsp3) is 0.333. The van der Waals surface area contributed by atoms with Crippen LogP contribution in [0, 0.1) is 18.7 Å². The highest BCUT2D eigenvalue weighted by Crippen LogP contribution is 2.24. The summed E-state index contributed by atoms with van der Waals surface area (Å²) in [5, 5.41) is 2.88. The van der Waals surface area contributed by atoms with Gasteiger partial charge in [0.15, 0.2) is 0 Å². The number of anilines is 2. The Kier molecular flexibility index (Phi) is 4.55. The van der Waals surface area contributed by atoms with Gasteiger partial charge in [-0.25, -0.2) is 9.37 Å².